The second-order valence-electron chi connectivity index (χ2n) is 5.77. The highest BCUT2D eigenvalue weighted by Gasteiger charge is 2.20. The van der Waals surface area contributed by atoms with Crippen LogP contribution in [0.1, 0.15) is 36.1 Å². The van der Waals surface area contributed by atoms with Gasteiger partial charge in [-0.3, -0.25) is 14.6 Å². The maximum absolute atomic E-state index is 12.6. The largest absolute Gasteiger partial charge is 0.340 e. The molecule has 0 saturated heterocycles. The lowest BCUT2D eigenvalue weighted by atomic mass is 10.1. The first-order chi connectivity index (χ1) is 12.9. The van der Waals surface area contributed by atoms with Crippen LogP contribution in [0, 0.1) is 0 Å². The van der Waals surface area contributed by atoms with Crippen molar-refractivity contribution in [2.75, 3.05) is 5.32 Å². The number of anilines is 1. The Labute approximate surface area is 160 Å². The third kappa shape index (κ3) is 4.48. The molecular weight excluding hydrogens is 370 g/mol. The summed E-state index contributed by atoms with van der Waals surface area (Å²) in [5, 5.41) is 9.52. The first-order valence-corrected chi connectivity index (χ1v) is 8.44. The fraction of sp³-hybridized carbons (Fsp3) is 0.167. The van der Waals surface area contributed by atoms with Crippen LogP contribution in [0.5, 0.6) is 0 Å². The number of nitrogens with zero attached hydrogens (tertiary/aromatic N) is 3. The van der Waals surface area contributed by atoms with Gasteiger partial charge in [-0.25, -0.2) is 0 Å². The van der Waals surface area contributed by atoms with Crippen molar-refractivity contribution in [1.29, 1.82) is 0 Å². The van der Waals surface area contributed by atoms with Crippen LogP contribution >= 0.6 is 11.6 Å². The van der Waals surface area contributed by atoms with Crippen molar-refractivity contribution in [2.24, 2.45) is 0 Å². The van der Waals surface area contributed by atoms with Crippen LogP contribution in [0.3, 0.4) is 0 Å². The van der Waals surface area contributed by atoms with Crippen LogP contribution in [-0.4, -0.2) is 26.9 Å². The van der Waals surface area contributed by atoms with E-state index in [9.17, 15) is 9.59 Å². The molecule has 9 heteroatoms. The van der Waals surface area contributed by atoms with Crippen molar-refractivity contribution >= 4 is 29.1 Å². The Kier molecular flexibility index (Phi) is 5.46. The molecule has 0 spiro atoms. The molecule has 2 N–H and O–H groups in total. The molecule has 138 valence electrons. The number of carbonyl (C=O) groups excluding carboxylic acids is 2. The molecule has 2 amide bonds. The standard InChI is InChI=1S/C18H16ClN5O3/c1-10(18-23-16(24-27-18)12-4-3-7-20-9-12)21-17(26)14-8-13(22-11(2)25)5-6-15(14)19/h3-10H,1-2H3,(H,21,26)(H,22,25)/t10-/m1/s1. The maximum Gasteiger partial charge on any atom is 0.253 e. The van der Waals surface area contributed by atoms with Crippen molar-refractivity contribution in [3.63, 3.8) is 0 Å². The van der Waals surface area contributed by atoms with Crippen LogP contribution in [0.2, 0.25) is 5.02 Å². The summed E-state index contributed by atoms with van der Waals surface area (Å²) in [6.45, 7) is 3.09. The molecule has 0 bridgehead atoms. The van der Waals surface area contributed by atoms with E-state index in [4.69, 9.17) is 16.1 Å². The van der Waals surface area contributed by atoms with Gasteiger partial charge in [-0.15, -0.1) is 0 Å². The number of rotatable bonds is 5. The minimum Gasteiger partial charge on any atom is -0.340 e. The molecule has 0 aliphatic carbocycles. The molecule has 1 aromatic carbocycles. The van der Waals surface area contributed by atoms with Crippen molar-refractivity contribution in [3.8, 4) is 11.4 Å². The molecule has 0 aliphatic rings. The summed E-state index contributed by atoms with van der Waals surface area (Å²) in [7, 11) is 0. The van der Waals surface area contributed by atoms with E-state index in [2.05, 4.69) is 25.8 Å². The molecule has 2 heterocycles. The number of pyridine rings is 1. The smallest absolute Gasteiger partial charge is 0.253 e. The number of hydrogen-bond donors (Lipinski definition) is 2. The van der Waals surface area contributed by atoms with Crippen LogP contribution in [0.25, 0.3) is 11.4 Å². The predicted molar refractivity (Wildman–Crippen MR) is 99.2 cm³/mol. The molecule has 3 rings (SSSR count). The van der Waals surface area contributed by atoms with Gasteiger partial charge in [0.1, 0.15) is 6.04 Å². The predicted octanol–water partition coefficient (Wildman–Crippen LogP) is 3.23. The van der Waals surface area contributed by atoms with Gasteiger partial charge in [0.25, 0.3) is 5.91 Å². The highest BCUT2D eigenvalue weighted by Crippen LogP contribution is 2.22. The third-order valence-corrected chi connectivity index (χ3v) is 3.94. The lowest BCUT2D eigenvalue weighted by molar-refractivity contribution is -0.114. The topological polar surface area (TPSA) is 110 Å². The number of benzene rings is 1. The van der Waals surface area contributed by atoms with Gasteiger partial charge in [-0.05, 0) is 37.3 Å². The van der Waals surface area contributed by atoms with E-state index in [0.29, 0.717) is 17.1 Å². The molecule has 0 aliphatic heterocycles. The average Bonchev–Trinajstić information content (AvgIpc) is 3.14. The Morgan fingerprint density at radius 3 is 2.78 bits per heavy atom. The normalized spacial score (nSPS) is 11.7. The van der Waals surface area contributed by atoms with E-state index in [0.717, 1.165) is 0 Å². The molecule has 0 fully saturated rings. The van der Waals surface area contributed by atoms with E-state index < -0.39 is 11.9 Å². The number of amides is 2. The Balaban J connectivity index is 1.74. The van der Waals surface area contributed by atoms with Crippen molar-refractivity contribution in [2.45, 2.75) is 19.9 Å². The van der Waals surface area contributed by atoms with Gasteiger partial charge in [-0.1, -0.05) is 16.8 Å². The van der Waals surface area contributed by atoms with E-state index in [1.165, 1.54) is 13.0 Å². The maximum atomic E-state index is 12.6. The third-order valence-electron chi connectivity index (χ3n) is 3.61. The monoisotopic (exact) mass is 385 g/mol. The first kappa shape index (κ1) is 18.5. The van der Waals surface area contributed by atoms with Crippen molar-refractivity contribution in [3.05, 3.63) is 59.2 Å². The van der Waals surface area contributed by atoms with E-state index in [1.807, 2.05) is 0 Å². The van der Waals surface area contributed by atoms with Gasteiger partial charge in [-0.2, -0.15) is 4.98 Å². The minimum absolute atomic E-state index is 0.224. The average molecular weight is 386 g/mol. The van der Waals surface area contributed by atoms with Gasteiger partial charge < -0.3 is 15.2 Å². The number of halogens is 1. The quantitative estimate of drug-likeness (QED) is 0.697. The van der Waals surface area contributed by atoms with Gasteiger partial charge in [0.05, 0.1) is 10.6 Å². The molecule has 0 unspecified atom stereocenters. The zero-order chi connectivity index (χ0) is 19.4. The highest BCUT2D eigenvalue weighted by molar-refractivity contribution is 6.34. The number of nitrogens with one attached hydrogen (secondary N) is 2. The van der Waals surface area contributed by atoms with E-state index in [-0.39, 0.29) is 22.4 Å². The minimum atomic E-state index is -0.545. The lowest BCUT2D eigenvalue weighted by Gasteiger charge is -2.12. The van der Waals surface area contributed by atoms with Gasteiger partial charge >= 0.3 is 0 Å². The fourth-order valence-corrected chi connectivity index (χ4v) is 2.54. The molecule has 1 atom stereocenters. The van der Waals surface area contributed by atoms with Crippen LogP contribution < -0.4 is 10.6 Å². The summed E-state index contributed by atoms with van der Waals surface area (Å²) >= 11 is 6.11. The van der Waals surface area contributed by atoms with Gasteiger partial charge in [0, 0.05) is 30.6 Å². The Bertz CT molecular complexity index is 974. The summed E-state index contributed by atoms with van der Waals surface area (Å²) in [4.78, 5) is 32.0. The molecule has 8 nitrogen and oxygen atoms in total. The Hall–Kier alpha value is -3.26. The molecule has 2 aromatic heterocycles. The Morgan fingerprint density at radius 1 is 1.26 bits per heavy atom. The summed E-state index contributed by atoms with van der Waals surface area (Å²) < 4.78 is 5.23. The second-order valence-corrected chi connectivity index (χ2v) is 6.18. The zero-order valence-corrected chi connectivity index (χ0v) is 15.3. The number of aromatic nitrogens is 3. The summed E-state index contributed by atoms with van der Waals surface area (Å²) in [5.41, 5.74) is 1.40. The summed E-state index contributed by atoms with van der Waals surface area (Å²) in [6, 6.07) is 7.68. The van der Waals surface area contributed by atoms with Crippen LogP contribution in [-0.2, 0) is 4.79 Å². The molecule has 0 radical (unpaired) electrons. The van der Waals surface area contributed by atoms with Gasteiger partial charge in [0.2, 0.25) is 17.6 Å². The van der Waals surface area contributed by atoms with Gasteiger partial charge in [0.15, 0.2) is 0 Å². The number of carbonyl (C=O) groups is 2. The molecular formula is C18H16ClN5O3. The SMILES string of the molecule is CC(=O)Nc1ccc(Cl)c(C(=O)N[C@H](C)c2nc(-c3cccnc3)no2)c1. The fourth-order valence-electron chi connectivity index (χ4n) is 2.34. The molecule has 0 saturated carbocycles. The van der Waals surface area contributed by atoms with Crippen LogP contribution in [0.15, 0.2) is 47.2 Å². The first-order valence-electron chi connectivity index (χ1n) is 8.06. The molecule has 27 heavy (non-hydrogen) atoms. The van der Waals surface area contributed by atoms with Crippen molar-refractivity contribution in [1.82, 2.24) is 20.4 Å². The zero-order valence-electron chi connectivity index (χ0n) is 14.6. The summed E-state index contributed by atoms with van der Waals surface area (Å²) in [6.07, 6.45) is 3.26. The Morgan fingerprint density at radius 2 is 2.07 bits per heavy atom. The lowest BCUT2D eigenvalue weighted by Crippen LogP contribution is -2.27. The number of hydrogen-bond acceptors (Lipinski definition) is 6. The summed E-state index contributed by atoms with van der Waals surface area (Å²) in [5.74, 6) is -0.0482. The van der Waals surface area contributed by atoms with E-state index >= 15 is 0 Å². The van der Waals surface area contributed by atoms with E-state index in [1.54, 1.807) is 43.6 Å². The van der Waals surface area contributed by atoms with Crippen molar-refractivity contribution < 1.29 is 14.1 Å². The van der Waals surface area contributed by atoms with Crippen LogP contribution in [0.4, 0.5) is 5.69 Å². The molecule has 3 aromatic rings. The highest BCUT2D eigenvalue weighted by atomic mass is 35.5. The second kappa shape index (κ2) is 7.96.